The van der Waals surface area contributed by atoms with Crippen molar-refractivity contribution in [2.75, 3.05) is 7.11 Å². The van der Waals surface area contributed by atoms with Crippen LogP contribution < -0.4 is 15.4 Å². The zero-order valence-corrected chi connectivity index (χ0v) is 14.0. The summed E-state index contributed by atoms with van der Waals surface area (Å²) in [5.74, 6) is 0.784. The average Bonchev–Trinajstić information content (AvgIpc) is 2.33. The second kappa shape index (κ2) is 6.83. The lowest BCUT2D eigenvalue weighted by Gasteiger charge is -2.33. The highest BCUT2D eigenvalue weighted by molar-refractivity contribution is 5.74. The predicted octanol–water partition coefficient (Wildman–Crippen LogP) is 3.71. The van der Waals surface area contributed by atoms with Crippen molar-refractivity contribution >= 4 is 6.03 Å². The first-order valence-corrected chi connectivity index (χ1v) is 7.31. The number of hydrogen-bond donors (Lipinski definition) is 2. The molecule has 0 aliphatic carbocycles. The monoisotopic (exact) mass is 292 g/mol. The molecule has 1 aromatic carbocycles. The highest BCUT2D eigenvalue weighted by atomic mass is 16.5. The molecule has 0 unspecified atom stereocenters. The molecule has 0 heterocycles. The topological polar surface area (TPSA) is 50.4 Å². The molecular weight excluding hydrogens is 264 g/mol. The third-order valence-electron chi connectivity index (χ3n) is 3.06. The number of ether oxygens (including phenoxy) is 1. The molecule has 0 fully saturated rings. The molecule has 0 saturated heterocycles. The van der Waals surface area contributed by atoms with Gasteiger partial charge >= 0.3 is 6.03 Å². The summed E-state index contributed by atoms with van der Waals surface area (Å²) in [5.41, 5.74) is 0.881. The number of carbonyl (C=O) groups is 1. The Bertz CT molecular complexity index is 476. The van der Waals surface area contributed by atoms with Gasteiger partial charge in [-0.3, -0.25) is 0 Å². The van der Waals surface area contributed by atoms with Crippen LogP contribution in [0.2, 0.25) is 0 Å². The standard InChI is InChI=1S/C17H28N2O2/c1-16(2,3)12-17(4,5)19-15(20)18-11-13-9-7-8-10-14(13)21-6/h7-10H,11-12H2,1-6H3,(H2,18,19,20). The van der Waals surface area contributed by atoms with Gasteiger partial charge in [0.1, 0.15) is 5.75 Å². The van der Waals surface area contributed by atoms with Crippen molar-refractivity contribution in [3.63, 3.8) is 0 Å². The molecule has 4 heteroatoms. The lowest BCUT2D eigenvalue weighted by Crippen LogP contribution is -2.49. The SMILES string of the molecule is COc1ccccc1CNC(=O)NC(C)(C)CC(C)(C)C. The van der Waals surface area contributed by atoms with Gasteiger partial charge in [-0.15, -0.1) is 0 Å². The molecule has 0 atom stereocenters. The van der Waals surface area contributed by atoms with Crippen LogP contribution in [0.1, 0.15) is 46.6 Å². The van der Waals surface area contributed by atoms with E-state index in [2.05, 4.69) is 31.4 Å². The van der Waals surface area contributed by atoms with Gasteiger partial charge < -0.3 is 15.4 Å². The van der Waals surface area contributed by atoms with E-state index in [1.165, 1.54) is 0 Å². The molecule has 0 bridgehead atoms. The quantitative estimate of drug-likeness (QED) is 0.869. The minimum atomic E-state index is -0.247. The highest BCUT2D eigenvalue weighted by Gasteiger charge is 2.26. The van der Waals surface area contributed by atoms with Crippen molar-refractivity contribution in [2.45, 2.75) is 53.1 Å². The molecule has 0 aliphatic heterocycles. The number of hydrogen-bond acceptors (Lipinski definition) is 2. The Kier molecular flexibility index (Phi) is 5.64. The van der Waals surface area contributed by atoms with E-state index in [-0.39, 0.29) is 17.0 Å². The maximum Gasteiger partial charge on any atom is 0.315 e. The van der Waals surface area contributed by atoms with Gasteiger partial charge in [-0.1, -0.05) is 39.0 Å². The molecule has 0 saturated carbocycles. The summed E-state index contributed by atoms with van der Waals surface area (Å²) in [7, 11) is 1.63. The second-order valence-corrected chi connectivity index (χ2v) is 7.24. The van der Waals surface area contributed by atoms with Crippen molar-refractivity contribution in [2.24, 2.45) is 5.41 Å². The Labute approximate surface area is 128 Å². The molecule has 2 N–H and O–H groups in total. The van der Waals surface area contributed by atoms with Gasteiger partial charge in [-0.05, 0) is 31.7 Å². The molecule has 1 rings (SSSR count). The Morgan fingerprint density at radius 3 is 2.33 bits per heavy atom. The van der Waals surface area contributed by atoms with Crippen LogP contribution in [0.5, 0.6) is 5.75 Å². The normalized spacial score (nSPS) is 11.9. The van der Waals surface area contributed by atoms with Crippen molar-refractivity contribution in [1.82, 2.24) is 10.6 Å². The van der Waals surface area contributed by atoms with Crippen LogP contribution in [0.25, 0.3) is 0 Å². The van der Waals surface area contributed by atoms with Crippen LogP contribution in [-0.2, 0) is 6.54 Å². The van der Waals surface area contributed by atoms with E-state index in [4.69, 9.17) is 4.74 Å². The van der Waals surface area contributed by atoms with E-state index in [9.17, 15) is 4.79 Å². The molecule has 1 aromatic rings. The first-order chi connectivity index (χ1) is 9.63. The number of amides is 2. The number of rotatable bonds is 5. The van der Waals surface area contributed by atoms with Crippen molar-refractivity contribution in [1.29, 1.82) is 0 Å². The van der Waals surface area contributed by atoms with Crippen molar-refractivity contribution in [3.8, 4) is 5.75 Å². The maximum absolute atomic E-state index is 12.1. The zero-order valence-electron chi connectivity index (χ0n) is 14.0. The second-order valence-electron chi connectivity index (χ2n) is 7.24. The van der Waals surface area contributed by atoms with E-state index in [1.807, 2.05) is 38.1 Å². The Morgan fingerprint density at radius 1 is 1.14 bits per heavy atom. The van der Waals surface area contributed by atoms with Crippen LogP contribution in [0.15, 0.2) is 24.3 Å². The van der Waals surface area contributed by atoms with E-state index in [1.54, 1.807) is 7.11 Å². The van der Waals surface area contributed by atoms with Crippen LogP contribution in [-0.4, -0.2) is 18.7 Å². The van der Waals surface area contributed by atoms with Crippen molar-refractivity contribution in [3.05, 3.63) is 29.8 Å². The smallest absolute Gasteiger partial charge is 0.315 e. The van der Waals surface area contributed by atoms with E-state index in [0.29, 0.717) is 6.54 Å². The van der Waals surface area contributed by atoms with E-state index in [0.717, 1.165) is 17.7 Å². The fourth-order valence-electron chi connectivity index (χ4n) is 2.75. The van der Waals surface area contributed by atoms with Crippen molar-refractivity contribution < 1.29 is 9.53 Å². The van der Waals surface area contributed by atoms with Crippen LogP contribution >= 0.6 is 0 Å². The van der Waals surface area contributed by atoms with Gasteiger partial charge in [-0.25, -0.2) is 4.79 Å². The molecule has 118 valence electrons. The molecule has 4 nitrogen and oxygen atoms in total. The Morgan fingerprint density at radius 2 is 1.76 bits per heavy atom. The predicted molar refractivity (Wildman–Crippen MR) is 86.5 cm³/mol. The summed E-state index contributed by atoms with van der Waals surface area (Å²) in [6.45, 7) is 11.0. The number of benzene rings is 1. The van der Waals surface area contributed by atoms with Crippen LogP contribution in [0.3, 0.4) is 0 Å². The van der Waals surface area contributed by atoms with Crippen LogP contribution in [0.4, 0.5) is 4.79 Å². The number of urea groups is 1. The minimum absolute atomic E-state index is 0.157. The van der Waals surface area contributed by atoms with Gasteiger partial charge in [0.05, 0.1) is 7.11 Å². The Balaban J connectivity index is 2.54. The van der Waals surface area contributed by atoms with Gasteiger partial charge in [0.2, 0.25) is 0 Å². The lowest BCUT2D eigenvalue weighted by atomic mass is 9.82. The fourth-order valence-corrected chi connectivity index (χ4v) is 2.75. The number of para-hydroxylation sites is 1. The molecule has 0 spiro atoms. The maximum atomic E-state index is 12.1. The summed E-state index contributed by atoms with van der Waals surface area (Å²) in [6, 6.07) is 7.52. The highest BCUT2D eigenvalue weighted by Crippen LogP contribution is 2.26. The summed E-state index contributed by atoms with van der Waals surface area (Å²) in [5, 5.41) is 5.92. The molecular formula is C17H28N2O2. The van der Waals surface area contributed by atoms with Gasteiger partial charge in [-0.2, -0.15) is 0 Å². The van der Waals surface area contributed by atoms with Gasteiger partial charge in [0.25, 0.3) is 0 Å². The Hall–Kier alpha value is -1.71. The summed E-state index contributed by atoms with van der Waals surface area (Å²) in [4.78, 5) is 12.1. The molecule has 21 heavy (non-hydrogen) atoms. The van der Waals surface area contributed by atoms with E-state index < -0.39 is 0 Å². The third kappa shape index (κ3) is 6.52. The summed E-state index contributed by atoms with van der Waals surface area (Å²) in [6.07, 6.45) is 0.905. The minimum Gasteiger partial charge on any atom is -0.496 e. The third-order valence-corrected chi connectivity index (χ3v) is 3.06. The average molecular weight is 292 g/mol. The molecule has 0 aromatic heterocycles. The van der Waals surface area contributed by atoms with Gasteiger partial charge in [0.15, 0.2) is 0 Å². The largest absolute Gasteiger partial charge is 0.496 e. The molecule has 0 radical (unpaired) electrons. The van der Waals surface area contributed by atoms with Crippen LogP contribution in [0, 0.1) is 5.41 Å². The van der Waals surface area contributed by atoms with E-state index >= 15 is 0 Å². The first-order valence-electron chi connectivity index (χ1n) is 7.31. The fraction of sp³-hybridized carbons (Fsp3) is 0.588. The van der Waals surface area contributed by atoms with Gasteiger partial charge in [0, 0.05) is 17.6 Å². The molecule has 2 amide bonds. The number of nitrogens with one attached hydrogen (secondary N) is 2. The summed E-state index contributed by atoms with van der Waals surface area (Å²) < 4.78 is 5.27. The number of carbonyl (C=O) groups excluding carboxylic acids is 1. The first kappa shape index (κ1) is 17.3. The summed E-state index contributed by atoms with van der Waals surface area (Å²) >= 11 is 0. The molecule has 0 aliphatic rings. The lowest BCUT2D eigenvalue weighted by molar-refractivity contribution is 0.210. The zero-order chi connectivity index (χ0) is 16.1. The number of methoxy groups -OCH3 is 1.